The summed E-state index contributed by atoms with van der Waals surface area (Å²) < 4.78 is 16.6. The van der Waals surface area contributed by atoms with Crippen LogP contribution in [0.3, 0.4) is 0 Å². The Kier molecular flexibility index (Phi) is 6.30. The van der Waals surface area contributed by atoms with E-state index < -0.39 is 0 Å². The van der Waals surface area contributed by atoms with Gasteiger partial charge in [-0.25, -0.2) is 0 Å². The van der Waals surface area contributed by atoms with Gasteiger partial charge in [-0.3, -0.25) is 4.79 Å². The maximum absolute atomic E-state index is 12.0. The van der Waals surface area contributed by atoms with E-state index in [0.717, 1.165) is 5.75 Å². The minimum atomic E-state index is -0.223. The van der Waals surface area contributed by atoms with Gasteiger partial charge in [-0.15, -0.1) is 0 Å². The zero-order valence-corrected chi connectivity index (χ0v) is 15.1. The van der Waals surface area contributed by atoms with E-state index in [4.69, 9.17) is 14.2 Å². The molecule has 0 heterocycles. The third-order valence-electron chi connectivity index (χ3n) is 3.62. The van der Waals surface area contributed by atoms with Crippen molar-refractivity contribution in [1.29, 1.82) is 0 Å². The summed E-state index contributed by atoms with van der Waals surface area (Å²) in [6.45, 7) is 2.52. The lowest BCUT2D eigenvalue weighted by Crippen LogP contribution is -2.20. The van der Waals surface area contributed by atoms with E-state index >= 15 is 0 Å². The Balaban J connectivity index is 1.50. The number of ether oxygens (including phenoxy) is 3. The van der Waals surface area contributed by atoms with Crippen LogP contribution in [0.4, 0.5) is 5.69 Å². The zero-order chi connectivity index (χ0) is 18.9. The largest absolute Gasteiger partial charge is 0.494 e. The molecule has 0 atom stereocenters. The Hall–Kier alpha value is -3.47. The average molecular weight is 363 g/mol. The van der Waals surface area contributed by atoms with E-state index in [2.05, 4.69) is 5.32 Å². The molecule has 5 heteroatoms. The summed E-state index contributed by atoms with van der Waals surface area (Å²) in [6.07, 6.45) is 0. The van der Waals surface area contributed by atoms with Crippen LogP contribution in [0.15, 0.2) is 78.9 Å². The molecule has 0 aliphatic heterocycles. The van der Waals surface area contributed by atoms with Gasteiger partial charge in [0.25, 0.3) is 5.91 Å². The molecule has 0 saturated heterocycles. The van der Waals surface area contributed by atoms with Crippen molar-refractivity contribution in [1.82, 2.24) is 0 Å². The smallest absolute Gasteiger partial charge is 0.262 e. The highest BCUT2D eigenvalue weighted by atomic mass is 16.5. The molecule has 0 unspecified atom stereocenters. The van der Waals surface area contributed by atoms with Crippen LogP contribution >= 0.6 is 0 Å². The molecule has 3 aromatic carbocycles. The molecular weight excluding hydrogens is 342 g/mol. The van der Waals surface area contributed by atoms with Gasteiger partial charge in [-0.05, 0) is 67.6 Å². The predicted molar refractivity (Wildman–Crippen MR) is 105 cm³/mol. The first kappa shape index (κ1) is 18.3. The SMILES string of the molecule is CCOc1ccc(Oc2ccc(NC(=O)COc3ccccc3)cc2)cc1. The molecule has 0 aliphatic rings. The molecule has 1 N–H and O–H groups in total. The standard InChI is InChI=1S/C22H21NO4/c1-2-25-19-12-14-21(15-13-19)27-20-10-8-17(9-11-20)23-22(24)16-26-18-6-4-3-5-7-18/h3-15H,2,16H2,1H3,(H,23,24). The van der Waals surface area contributed by atoms with E-state index in [1.165, 1.54) is 0 Å². The van der Waals surface area contributed by atoms with Gasteiger partial charge < -0.3 is 19.5 Å². The maximum atomic E-state index is 12.0. The molecular formula is C22H21NO4. The molecule has 5 nitrogen and oxygen atoms in total. The van der Waals surface area contributed by atoms with Crippen LogP contribution in [0.1, 0.15) is 6.92 Å². The van der Waals surface area contributed by atoms with E-state index in [0.29, 0.717) is 29.5 Å². The summed E-state index contributed by atoms with van der Waals surface area (Å²) in [5.41, 5.74) is 0.677. The summed E-state index contributed by atoms with van der Waals surface area (Å²) in [4.78, 5) is 12.0. The highest BCUT2D eigenvalue weighted by molar-refractivity contribution is 5.91. The van der Waals surface area contributed by atoms with Gasteiger partial charge in [-0.2, -0.15) is 0 Å². The first-order chi connectivity index (χ1) is 13.2. The molecule has 0 fully saturated rings. The molecule has 0 saturated carbocycles. The van der Waals surface area contributed by atoms with Crippen molar-refractivity contribution in [3.8, 4) is 23.0 Å². The summed E-state index contributed by atoms with van der Waals surface area (Å²) in [6, 6.07) is 23.8. The lowest BCUT2D eigenvalue weighted by molar-refractivity contribution is -0.118. The Morgan fingerprint density at radius 1 is 0.741 bits per heavy atom. The maximum Gasteiger partial charge on any atom is 0.262 e. The van der Waals surface area contributed by atoms with Crippen LogP contribution in [0.5, 0.6) is 23.0 Å². The van der Waals surface area contributed by atoms with Crippen LogP contribution in [0.2, 0.25) is 0 Å². The second-order valence-corrected chi connectivity index (χ2v) is 5.68. The van der Waals surface area contributed by atoms with Crippen molar-refractivity contribution in [2.24, 2.45) is 0 Å². The molecule has 3 rings (SSSR count). The van der Waals surface area contributed by atoms with Gasteiger partial charge in [0.2, 0.25) is 0 Å². The summed E-state index contributed by atoms with van der Waals surface area (Å²) in [7, 11) is 0. The minimum Gasteiger partial charge on any atom is -0.494 e. The number of amides is 1. The van der Waals surface area contributed by atoms with E-state index in [9.17, 15) is 4.79 Å². The predicted octanol–water partition coefficient (Wildman–Crippen LogP) is 4.90. The average Bonchev–Trinajstić information content (AvgIpc) is 2.70. The molecule has 1 amide bonds. The number of rotatable bonds is 8. The Morgan fingerprint density at radius 2 is 1.30 bits per heavy atom. The van der Waals surface area contributed by atoms with Crippen LogP contribution in [-0.4, -0.2) is 19.1 Å². The quantitative estimate of drug-likeness (QED) is 0.619. The van der Waals surface area contributed by atoms with Crippen molar-refractivity contribution in [3.05, 3.63) is 78.9 Å². The molecule has 0 radical (unpaired) electrons. The van der Waals surface area contributed by atoms with Gasteiger partial charge in [0.05, 0.1) is 6.61 Å². The fourth-order valence-electron chi connectivity index (χ4n) is 2.38. The van der Waals surface area contributed by atoms with Crippen molar-refractivity contribution in [2.75, 3.05) is 18.5 Å². The highest BCUT2D eigenvalue weighted by Gasteiger charge is 2.04. The molecule has 0 aliphatic carbocycles. The molecule has 0 spiro atoms. The number of anilines is 1. The van der Waals surface area contributed by atoms with E-state index in [1.54, 1.807) is 36.4 Å². The number of hydrogen-bond acceptors (Lipinski definition) is 4. The minimum absolute atomic E-state index is 0.0472. The summed E-state index contributed by atoms with van der Waals surface area (Å²) >= 11 is 0. The third kappa shape index (κ3) is 5.78. The topological polar surface area (TPSA) is 56.8 Å². The summed E-state index contributed by atoms with van der Waals surface area (Å²) in [5, 5.41) is 2.79. The Labute approximate surface area is 158 Å². The normalized spacial score (nSPS) is 10.1. The van der Waals surface area contributed by atoms with E-state index in [-0.39, 0.29) is 12.5 Å². The van der Waals surface area contributed by atoms with Crippen LogP contribution in [0, 0.1) is 0 Å². The first-order valence-electron chi connectivity index (χ1n) is 8.71. The second kappa shape index (κ2) is 9.29. The molecule has 0 aromatic heterocycles. The first-order valence-corrected chi connectivity index (χ1v) is 8.71. The number of para-hydroxylation sites is 1. The van der Waals surface area contributed by atoms with Crippen LogP contribution in [0.25, 0.3) is 0 Å². The fraction of sp³-hybridized carbons (Fsp3) is 0.136. The van der Waals surface area contributed by atoms with Gasteiger partial charge in [0, 0.05) is 5.69 Å². The van der Waals surface area contributed by atoms with Gasteiger partial charge >= 0.3 is 0 Å². The lowest BCUT2D eigenvalue weighted by Gasteiger charge is -2.09. The molecule has 3 aromatic rings. The van der Waals surface area contributed by atoms with E-state index in [1.807, 2.05) is 49.4 Å². The number of carbonyl (C=O) groups excluding carboxylic acids is 1. The fourth-order valence-corrected chi connectivity index (χ4v) is 2.38. The third-order valence-corrected chi connectivity index (χ3v) is 3.62. The molecule has 138 valence electrons. The van der Waals surface area contributed by atoms with Crippen molar-refractivity contribution >= 4 is 11.6 Å². The Bertz CT molecular complexity index is 846. The monoisotopic (exact) mass is 363 g/mol. The number of carbonyl (C=O) groups is 1. The van der Waals surface area contributed by atoms with Crippen LogP contribution in [-0.2, 0) is 4.79 Å². The Morgan fingerprint density at radius 3 is 1.93 bits per heavy atom. The highest BCUT2D eigenvalue weighted by Crippen LogP contribution is 2.25. The van der Waals surface area contributed by atoms with Gasteiger partial charge in [0.1, 0.15) is 23.0 Å². The lowest BCUT2D eigenvalue weighted by atomic mass is 10.3. The van der Waals surface area contributed by atoms with Crippen LogP contribution < -0.4 is 19.5 Å². The zero-order valence-electron chi connectivity index (χ0n) is 15.1. The number of hydrogen-bond donors (Lipinski definition) is 1. The molecule has 0 bridgehead atoms. The van der Waals surface area contributed by atoms with Crippen molar-refractivity contribution in [3.63, 3.8) is 0 Å². The van der Waals surface area contributed by atoms with Gasteiger partial charge in [0.15, 0.2) is 6.61 Å². The number of nitrogens with one attached hydrogen (secondary N) is 1. The molecule has 27 heavy (non-hydrogen) atoms. The van der Waals surface area contributed by atoms with Crippen molar-refractivity contribution < 1.29 is 19.0 Å². The van der Waals surface area contributed by atoms with Gasteiger partial charge in [-0.1, -0.05) is 18.2 Å². The number of benzene rings is 3. The summed E-state index contributed by atoms with van der Waals surface area (Å²) in [5.74, 6) is 2.63. The van der Waals surface area contributed by atoms with Crippen molar-refractivity contribution in [2.45, 2.75) is 6.92 Å². The second-order valence-electron chi connectivity index (χ2n) is 5.68.